The summed E-state index contributed by atoms with van der Waals surface area (Å²) in [5.74, 6) is -3.49. The van der Waals surface area contributed by atoms with Crippen molar-refractivity contribution in [1.29, 1.82) is 0 Å². The molecule has 0 aliphatic carbocycles. The lowest BCUT2D eigenvalue weighted by Crippen LogP contribution is -2.55. The lowest BCUT2D eigenvalue weighted by molar-refractivity contribution is -0.133. The van der Waals surface area contributed by atoms with Crippen LogP contribution in [0.3, 0.4) is 0 Å². The van der Waals surface area contributed by atoms with Crippen molar-refractivity contribution in [2.45, 2.75) is 19.4 Å². The monoisotopic (exact) mass is 428 g/mol. The molecule has 31 heavy (non-hydrogen) atoms. The molecule has 0 bridgehead atoms. The van der Waals surface area contributed by atoms with Gasteiger partial charge in [-0.25, -0.2) is 13.2 Å². The molecular weight excluding hydrogens is 405 g/mol. The van der Waals surface area contributed by atoms with Crippen LogP contribution < -0.4 is 5.32 Å². The average Bonchev–Trinajstić information content (AvgIpc) is 2.71. The first-order valence-corrected chi connectivity index (χ1v) is 9.72. The number of carbonyl (C=O) groups excluding carboxylic acids is 1. The minimum atomic E-state index is -2.59. The van der Waals surface area contributed by atoms with Crippen LogP contribution in [0.2, 0.25) is 0 Å². The zero-order chi connectivity index (χ0) is 22.4. The number of halogens is 3. The van der Waals surface area contributed by atoms with Gasteiger partial charge in [0.1, 0.15) is 5.82 Å². The van der Waals surface area contributed by atoms with Crippen molar-refractivity contribution in [1.82, 2.24) is 9.88 Å². The van der Waals surface area contributed by atoms with E-state index in [2.05, 4.69) is 15.3 Å². The molecule has 8 heteroatoms. The minimum Gasteiger partial charge on any atom is -0.323 e. The third-order valence-electron chi connectivity index (χ3n) is 4.75. The fraction of sp³-hybridized carbons (Fsp3) is 0.261. The van der Waals surface area contributed by atoms with Crippen LogP contribution in [0.15, 0.2) is 53.8 Å². The van der Waals surface area contributed by atoms with Crippen LogP contribution in [0, 0.1) is 5.82 Å². The lowest BCUT2D eigenvalue weighted by Gasteiger charge is -2.38. The second-order valence-corrected chi connectivity index (χ2v) is 7.24. The van der Waals surface area contributed by atoms with Gasteiger partial charge in [-0.05, 0) is 36.3 Å². The molecule has 1 aromatic heterocycles. The summed E-state index contributed by atoms with van der Waals surface area (Å²) >= 11 is 0. The summed E-state index contributed by atoms with van der Waals surface area (Å²) in [5.41, 5.74) is 2.80. The van der Waals surface area contributed by atoms with E-state index in [1.165, 1.54) is 18.3 Å². The number of aromatic nitrogens is 1. The molecule has 1 aliphatic rings. The van der Waals surface area contributed by atoms with Crippen LogP contribution in [-0.2, 0) is 11.3 Å². The van der Waals surface area contributed by atoms with Crippen LogP contribution in [0.5, 0.6) is 0 Å². The van der Waals surface area contributed by atoms with E-state index in [4.69, 9.17) is 0 Å². The number of allylic oxidation sites excluding steroid dienone is 2. The SMILES string of the molecule is C/C=C(\C=NC)c1c(F)cncc1/C=C/C(=O)Nc1ccc(CN2CC(F)(F)C2)cc1. The fourth-order valence-electron chi connectivity index (χ4n) is 3.32. The summed E-state index contributed by atoms with van der Waals surface area (Å²) in [6.45, 7) is 1.75. The standard InChI is InChI=1S/C23H23F3N4O/c1-3-17(10-27-2)22-18(11-28-12-20(22)24)6-9-21(31)29-19-7-4-16(5-8-19)13-30-14-23(25,26)15-30/h3-12H,13-15H2,1-2H3,(H,29,31)/b9-6+,17-3+,27-10?. The molecule has 1 amide bonds. The van der Waals surface area contributed by atoms with Gasteiger partial charge in [-0.1, -0.05) is 18.2 Å². The molecule has 3 rings (SSSR count). The molecule has 162 valence electrons. The number of anilines is 1. The first kappa shape index (κ1) is 22.4. The topological polar surface area (TPSA) is 57.6 Å². The Morgan fingerprint density at radius 1 is 1.26 bits per heavy atom. The zero-order valence-electron chi connectivity index (χ0n) is 17.3. The highest BCUT2D eigenvalue weighted by atomic mass is 19.3. The maximum Gasteiger partial charge on any atom is 0.272 e. The van der Waals surface area contributed by atoms with Crippen LogP contribution in [0.4, 0.5) is 18.9 Å². The van der Waals surface area contributed by atoms with Crippen molar-refractivity contribution < 1.29 is 18.0 Å². The van der Waals surface area contributed by atoms with Gasteiger partial charge in [0.15, 0.2) is 0 Å². The van der Waals surface area contributed by atoms with Gasteiger partial charge in [0, 0.05) is 48.9 Å². The largest absolute Gasteiger partial charge is 0.323 e. The second-order valence-electron chi connectivity index (χ2n) is 7.24. The molecule has 0 saturated carbocycles. The van der Waals surface area contributed by atoms with Crippen molar-refractivity contribution in [3.8, 4) is 0 Å². The normalized spacial score (nSPS) is 16.6. The van der Waals surface area contributed by atoms with Crippen molar-refractivity contribution in [3.05, 3.63) is 71.3 Å². The molecular formula is C23H23F3N4O. The highest BCUT2D eigenvalue weighted by molar-refractivity contribution is 6.11. The van der Waals surface area contributed by atoms with E-state index in [9.17, 15) is 18.0 Å². The number of aliphatic imine (C=N–C) groups is 1. The number of nitrogens with zero attached hydrogens (tertiary/aromatic N) is 3. The summed E-state index contributed by atoms with van der Waals surface area (Å²) in [6, 6.07) is 6.99. The maximum absolute atomic E-state index is 14.3. The third kappa shape index (κ3) is 5.88. The quantitative estimate of drug-likeness (QED) is 0.524. The van der Waals surface area contributed by atoms with Crippen LogP contribution in [0.25, 0.3) is 11.6 Å². The number of benzene rings is 1. The molecule has 2 heterocycles. The van der Waals surface area contributed by atoms with Crippen molar-refractivity contribution in [3.63, 3.8) is 0 Å². The Morgan fingerprint density at radius 3 is 2.58 bits per heavy atom. The molecule has 1 fully saturated rings. The number of rotatable bonds is 7. The van der Waals surface area contributed by atoms with Gasteiger partial charge < -0.3 is 5.32 Å². The van der Waals surface area contributed by atoms with Gasteiger partial charge in [-0.3, -0.25) is 19.7 Å². The van der Waals surface area contributed by atoms with E-state index in [-0.39, 0.29) is 13.1 Å². The molecule has 0 spiro atoms. The summed E-state index contributed by atoms with van der Waals surface area (Å²) in [5, 5.41) is 2.72. The molecule has 1 saturated heterocycles. The predicted molar refractivity (Wildman–Crippen MR) is 117 cm³/mol. The summed E-state index contributed by atoms with van der Waals surface area (Å²) < 4.78 is 40.2. The summed E-state index contributed by atoms with van der Waals surface area (Å²) in [4.78, 5) is 21.7. The van der Waals surface area contributed by atoms with Crippen LogP contribution >= 0.6 is 0 Å². The Morgan fingerprint density at radius 2 is 1.97 bits per heavy atom. The van der Waals surface area contributed by atoms with Gasteiger partial charge in [0.2, 0.25) is 5.91 Å². The number of likely N-dealkylation sites (tertiary alicyclic amines) is 1. The van der Waals surface area contributed by atoms with Crippen molar-refractivity contribution in [2.75, 3.05) is 25.5 Å². The van der Waals surface area contributed by atoms with E-state index in [1.54, 1.807) is 55.4 Å². The molecule has 2 aromatic rings. The molecule has 0 atom stereocenters. The van der Waals surface area contributed by atoms with Crippen molar-refractivity contribution in [2.24, 2.45) is 4.99 Å². The van der Waals surface area contributed by atoms with Gasteiger partial charge in [0.05, 0.1) is 19.3 Å². The molecule has 1 N–H and O–H groups in total. The second kappa shape index (κ2) is 9.70. The average molecular weight is 428 g/mol. The molecule has 0 unspecified atom stereocenters. The summed E-state index contributed by atoms with van der Waals surface area (Å²) in [7, 11) is 1.59. The van der Waals surface area contributed by atoms with Crippen LogP contribution in [-0.4, -0.2) is 48.1 Å². The fourth-order valence-corrected chi connectivity index (χ4v) is 3.32. The minimum absolute atomic E-state index is 0.230. The number of nitrogens with one attached hydrogen (secondary N) is 1. The number of hydrogen-bond acceptors (Lipinski definition) is 4. The lowest BCUT2D eigenvalue weighted by atomic mass is 10.0. The Hall–Kier alpha value is -3.26. The molecule has 1 aliphatic heterocycles. The van der Waals surface area contributed by atoms with E-state index < -0.39 is 17.6 Å². The number of hydrogen-bond donors (Lipinski definition) is 1. The first-order chi connectivity index (χ1) is 14.8. The van der Waals surface area contributed by atoms with Gasteiger partial charge >= 0.3 is 0 Å². The Balaban J connectivity index is 1.64. The van der Waals surface area contributed by atoms with E-state index in [0.717, 1.165) is 11.8 Å². The van der Waals surface area contributed by atoms with E-state index in [1.807, 2.05) is 0 Å². The number of carbonyl (C=O) groups is 1. The van der Waals surface area contributed by atoms with E-state index >= 15 is 0 Å². The van der Waals surface area contributed by atoms with Gasteiger partial charge in [-0.15, -0.1) is 0 Å². The summed E-state index contributed by atoms with van der Waals surface area (Å²) in [6.07, 6.45) is 8.65. The Labute approximate surface area is 179 Å². The van der Waals surface area contributed by atoms with Gasteiger partial charge in [0.25, 0.3) is 5.92 Å². The van der Waals surface area contributed by atoms with Gasteiger partial charge in [-0.2, -0.15) is 0 Å². The highest BCUT2D eigenvalue weighted by Crippen LogP contribution is 2.28. The number of pyridine rings is 1. The predicted octanol–water partition coefficient (Wildman–Crippen LogP) is 4.43. The Kier molecular flexibility index (Phi) is 7.02. The van der Waals surface area contributed by atoms with Crippen LogP contribution in [0.1, 0.15) is 23.6 Å². The Bertz CT molecular complexity index is 1020. The van der Waals surface area contributed by atoms with E-state index in [0.29, 0.717) is 28.9 Å². The molecule has 5 nitrogen and oxygen atoms in total. The molecule has 1 aromatic carbocycles. The molecule has 0 radical (unpaired) electrons. The maximum atomic E-state index is 14.3. The first-order valence-electron chi connectivity index (χ1n) is 9.72. The number of alkyl halides is 2. The number of amides is 1. The smallest absolute Gasteiger partial charge is 0.272 e. The zero-order valence-corrected chi connectivity index (χ0v) is 17.3. The van der Waals surface area contributed by atoms with Crippen molar-refractivity contribution >= 4 is 29.5 Å². The highest BCUT2D eigenvalue weighted by Gasteiger charge is 2.43. The third-order valence-corrected chi connectivity index (χ3v) is 4.75.